The number of rotatable bonds is 5. The van der Waals surface area contributed by atoms with E-state index in [4.69, 9.17) is 21.1 Å². The third-order valence-corrected chi connectivity index (χ3v) is 2.91. The van der Waals surface area contributed by atoms with Crippen molar-refractivity contribution in [1.82, 2.24) is 9.55 Å². The molecular formula is C12H15ClN2O2. The Kier molecular flexibility index (Phi) is 3.86. The zero-order chi connectivity index (χ0) is 12.3. The number of aromatic nitrogens is 2. The van der Waals surface area contributed by atoms with Gasteiger partial charge in [0.25, 0.3) is 0 Å². The zero-order valence-corrected chi connectivity index (χ0v) is 10.7. The molecule has 4 nitrogen and oxygen atoms in total. The van der Waals surface area contributed by atoms with Crippen molar-refractivity contribution in [2.45, 2.75) is 12.4 Å². The summed E-state index contributed by atoms with van der Waals surface area (Å²) >= 11 is 5.90. The van der Waals surface area contributed by atoms with Gasteiger partial charge in [-0.15, -0.1) is 11.6 Å². The van der Waals surface area contributed by atoms with E-state index in [2.05, 4.69) is 9.55 Å². The Bertz CT molecular complexity index is 510. The number of alkyl halides is 1. The average Bonchev–Trinajstić information content (AvgIpc) is 2.72. The van der Waals surface area contributed by atoms with Crippen LogP contribution in [0.1, 0.15) is 5.82 Å². The van der Waals surface area contributed by atoms with Crippen LogP contribution in [0.25, 0.3) is 11.0 Å². The van der Waals surface area contributed by atoms with E-state index in [1.807, 2.05) is 18.2 Å². The number of fused-ring (bicyclic) bond motifs is 1. The molecule has 0 amide bonds. The van der Waals surface area contributed by atoms with Gasteiger partial charge >= 0.3 is 0 Å². The number of ether oxygens (including phenoxy) is 2. The molecule has 0 unspecified atom stereocenters. The van der Waals surface area contributed by atoms with Crippen LogP contribution in [0.15, 0.2) is 18.2 Å². The van der Waals surface area contributed by atoms with Crippen molar-refractivity contribution in [2.24, 2.45) is 0 Å². The second kappa shape index (κ2) is 5.38. The molecule has 0 aliphatic carbocycles. The number of halogens is 1. The van der Waals surface area contributed by atoms with Crippen molar-refractivity contribution in [2.75, 3.05) is 20.8 Å². The standard InChI is InChI=1S/C12H15ClN2O2/c1-16-6-5-15-11-4-3-9(17-2)7-10(11)14-12(15)8-13/h3-4,7H,5-6,8H2,1-2H3. The van der Waals surface area contributed by atoms with Crippen LogP contribution in [0.2, 0.25) is 0 Å². The largest absolute Gasteiger partial charge is 0.497 e. The zero-order valence-electron chi connectivity index (χ0n) is 9.94. The first-order valence-electron chi connectivity index (χ1n) is 5.38. The Morgan fingerprint density at radius 2 is 2.18 bits per heavy atom. The summed E-state index contributed by atoms with van der Waals surface area (Å²) in [6, 6.07) is 5.83. The van der Waals surface area contributed by atoms with Crippen LogP contribution in [-0.2, 0) is 17.2 Å². The van der Waals surface area contributed by atoms with Crippen LogP contribution in [0.3, 0.4) is 0 Å². The second-order valence-electron chi connectivity index (χ2n) is 3.66. The molecule has 0 radical (unpaired) electrons. The first kappa shape index (κ1) is 12.2. The molecule has 5 heteroatoms. The average molecular weight is 255 g/mol. The smallest absolute Gasteiger partial charge is 0.124 e. The van der Waals surface area contributed by atoms with E-state index in [0.717, 1.165) is 29.2 Å². The van der Waals surface area contributed by atoms with Gasteiger partial charge in [-0.05, 0) is 12.1 Å². The van der Waals surface area contributed by atoms with Gasteiger partial charge in [0.1, 0.15) is 11.6 Å². The fraction of sp³-hybridized carbons (Fsp3) is 0.417. The molecule has 92 valence electrons. The molecule has 1 aromatic heterocycles. The highest BCUT2D eigenvalue weighted by atomic mass is 35.5. The van der Waals surface area contributed by atoms with Crippen molar-refractivity contribution in [3.63, 3.8) is 0 Å². The highest BCUT2D eigenvalue weighted by Gasteiger charge is 2.10. The van der Waals surface area contributed by atoms with Gasteiger partial charge < -0.3 is 14.0 Å². The predicted octanol–water partition coefficient (Wildman–Crippen LogP) is 2.43. The Labute approximate surface area is 105 Å². The minimum Gasteiger partial charge on any atom is -0.497 e. The SMILES string of the molecule is COCCn1c(CCl)nc2cc(OC)ccc21. The van der Waals surface area contributed by atoms with E-state index < -0.39 is 0 Å². The monoisotopic (exact) mass is 254 g/mol. The van der Waals surface area contributed by atoms with Crippen molar-refractivity contribution >= 4 is 22.6 Å². The highest BCUT2D eigenvalue weighted by molar-refractivity contribution is 6.16. The summed E-state index contributed by atoms with van der Waals surface area (Å²) in [5, 5.41) is 0. The minimum absolute atomic E-state index is 0.390. The van der Waals surface area contributed by atoms with Crippen LogP contribution in [0, 0.1) is 0 Å². The van der Waals surface area contributed by atoms with E-state index in [1.54, 1.807) is 14.2 Å². The lowest BCUT2D eigenvalue weighted by Gasteiger charge is -2.06. The summed E-state index contributed by atoms with van der Waals surface area (Å²) in [6.07, 6.45) is 0. The highest BCUT2D eigenvalue weighted by Crippen LogP contribution is 2.22. The lowest BCUT2D eigenvalue weighted by atomic mass is 10.3. The van der Waals surface area contributed by atoms with Gasteiger partial charge in [0, 0.05) is 19.7 Å². The first-order chi connectivity index (χ1) is 8.30. The van der Waals surface area contributed by atoms with Gasteiger partial charge in [-0.2, -0.15) is 0 Å². The van der Waals surface area contributed by atoms with Crippen LogP contribution in [0.5, 0.6) is 5.75 Å². The molecule has 0 saturated carbocycles. The molecule has 17 heavy (non-hydrogen) atoms. The molecule has 0 fully saturated rings. The molecule has 0 saturated heterocycles. The third-order valence-electron chi connectivity index (χ3n) is 2.67. The van der Waals surface area contributed by atoms with Gasteiger partial charge in [0.05, 0.1) is 30.6 Å². The fourth-order valence-corrected chi connectivity index (χ4v) is 2.02. The number of benzene rings is 1. The Balaban J connectivity index is 2.47. The molecule has 1 aromatic carbocycles. The first-order valence-corrected chi connectivity index (χ1v) is 5.91. The summed E-state index contributed by atoms with van der Waals surface area (Å²) in [6.45, 7) is 1.39. The Hall–Kier alpha value is -1.26. The van der Waals surface area contributed by atoms with Crippen molar-refractivity contribution in [3.8, 4) is 5.75 Å². The van der Waals surface area contributed by atoms with Gasteiger partial charge in [-0.1, -0.05) is 0 Å². The van der Waals surface area contributed by atoms with E-state index >= 15 is 0 Å². The van der Waals surface area contributed by atoms with E-state index in [-0.39, 0.29) is 0 Å². The second-order valence-corrected chi connectivity index (χ2v) is 3.93. The molecule has 0 aliphatic heterocycles. The molecule has 1 heterocycles. The number of methoxy groups -OCH3 is 2. The molecule has 2 aromatic rings. The number of hydrogen-bond donors (Lipinski definition) is 0. The summed E-state index contributed by atoms with van der Waals surface area (Å²) in [5.74, 6) is 2.04. The lowest BCUT2D eigenvalue weighted by Crippen LogP contribution is -2.07. The van der Waals surface area contributed by atoms with E-state index in [1.165, 1.54) is 0 Å². The van der Waals surface area contributed by atoms with Crippen LogP contribution < -0.4 is 4.74 Å². The lowest BCUT2D eigenvalue weighted by molar-refractivity contribution is 0.187. The van der Waals surface area contributed by atoms with Crippen molar-refractivity contribution in [1.29, 1.82) is 0 Å². The van der Waals surface area contributed by atoms with Crippen LogP contribution >= 0.6 is 11.6 Å². The van der Waals surface area contributed by atoms with Gasteiger partial charge in [0.2, 0.25) is 0 Å². The molecule has 2 rings (SSSR count). The Morgan fingerprint density at radius 1 is 1.35 bits per heavy atom. The van der Waals surface area contributed by atoms with Crippen molar-refractivity contribution in [3.05, 3.63) is 24.0 Å². The van der Waals surface area contributed by atoms with Crippen LogP contribution in [-0.4, -0.2) is 30.4 Å². The molecule has 0 bridgehead atoms. The molecule has 0 aliphatic rings. The number of nitrogens with zero attached hydrogens (tertiary/aromatic N) is 2. The molecular weight excluding hydrogens is 240 g/mol. The van der Waals surface area contributed by atoms with Crippen LogP contribution in [0.4, 0.5) is 0 Å². The molecule has 0 N–H and O–H groups in total. The normalized spacial score (nSPS) is 11.0. The summed E-state index contributed by atoms with van der Waals surface area (Å²) in [4.78, 5) is 4.49. The van der Waals surface area contributed by atoms with Gasteiger partial charge in [-0.25, -0.2) is 4.98 Å². The maximum atomic E-state index is 5.90. The van der Waals surface area contributed by atoms with E-state index in [0.29, 0.717) is 12.5 Å². The summed E-state index contributed by atoms with van der Waals surface area (Å²) in [7, 11) is 3.33. The van der Waals surface area contributed by atoms with Gasteiger partial charge in [0.15, 0.2) is 0 Å². The van der Waals surface area contributed by atoms with Crippen molar-refractivity contribution < 1.29 is 9.47 Å². The number of hydrogen-bond acceptors (Lipinski definition) is 3. The van der Waals surface area contributed by atoms with E-state index in [9.17, 15) is 0 Å². The third kappa shape index (κ3) is 2.37. The summed E-state index contributed by atoms with van der Waals surface area (Å²) in [5.41, 5.74) is 1.95. The maximum absolute atomic E-state index is 5.90. The molecule has 0 atom stereocenters. The number of imidazole rings is 1. The minimum atomic E-state index is 0.390. The maximum Gasteiger partial charge on any atom is 0.124 e. The fourth-order valence-electron chi connectivity index (χ4n) is 1.82. The topological polar surface area (TPSA) is 36.3 Å². The quantitative estimate of drug-likeness (QED) is 0.769. The predicted molar refractivity (Wildman–Crippen MR) is 67.7 cm³/mol. The van der Waals surface area contributed by atoms with Gasteiger partial charge in [-0.3, -0.25) is 0 Å². The Morgan fingerprint density at radius 3 is 2.82 bits per heavy atom. The summed E-state index contributed by atoms with van der Waals surface area (Å²) < 4.78 is 12.3. The molecule has 0 spiro atoms.